The van der Waals surface area contributed by atoms with Gasteiger partial charge in [0.25, 0.3) is 0 Å². The Hall–Kier alpha value is -2.59. The van der Waals surface area contributed by atoms with Gasteiger partial charge in [-0.05, 0) is 13.8 Å². The van der Waals surface area contributed by atoms with Gasteiger partial charge in [0, 0.05) is 0 Å². The molecule has 0 aromatic carbocycles. The van der Waals surface area contributed by atoms with Gasteiger partial charge in [0.05, 0.1) is 5.54 Å². The van der Waals surface area contributed by atoms with Gasteiger partial charge in [-0.15, -0.1) is 0 Å². The fourth-order valence-electron chi connectivity index (χ4n) is 0.561. The molecule has 0 bridgehead atoms. The summed E-state index contributed by atoms with van der Waals surface area (Å²) in [7, 11) is 0. The van der Waals surface area contributed by atoms with Crippen molar-refractivity contribution in [2.75, 3.05) is 6.54 Å². The predicted molar refractivity (Wildman–Crippen MR) is 43.6 cm³/mol. The van der Waals surface area contributed by atoms with Crippen molar-refractivity contribution in [1.82, 2.24) is 10.6 Å². The third-order valence-corrected chi connectivity index (χ3v) is 1.33. The number of hydrogen-bond donors (Lipinski definition) is 3. The zero-order chi connectivity index (χ0) is 10.5. The molecule has 0 aliphatic heterocycles. The van der Waals surface area contributed by atoms with Crippen LogP contribution in [0.2, 0.25) is 0 Å². The molecule has 0 aromatic rings. The van der Waals surface area contributed by atoms with Crippen LogP contribution in [0.4, 0.5) is 0 Å². The monoisotopic (exact) mass is 444 g/mol. The number of aliphatic carboxylic acids is 1. The van der Waals surface area contributed by atoms with Gasteiger partial charge in [0.2, 0.25) is 5.91 Å². The molecular formula is C7H11FmN2O4-. The smallest absolute Gasteiger partial charge is 0.322 e. The SMILES string of the molecule is CC(C)(N[C-]=O)C(=O)NCC(=O)O.[Fm]. The molecule has 0 spiro atoms. The van der Waals surface area contributed by atoms with Crippen LogP contribution in [0.1, 0.15) is 13.8 Å². The zero-order valence-corrected chi connectivity index (χ0v) is 10.1. The Bertz CT molecular complexity index is 230. The van der Waals surface area contributed by atoms with Gasteiger partial charge < -0.3 is 20.5 Å². The largest absolute Gasteiger partial charge is 0.520 e. The van der Waals surface area contributed by atoms with E-state index in [1.165, 1.54) is 20.3 Å². The average Bonchev–Trinajstić information content (AvgIpc) is 1.99. The minimum absolute atomic E-state index is 0. The second-order valence-electron chi connectivity index (χ2n) is 2.93. The minimum atomic E-state index is -1.14. The van der Waals surface area contributed by atoms with Crippen LogP contribution in [0.15, 0.2) is 0 Å². The molecule has 0 aliphatic carbocycles. The van der Waals surface area contributed by atoms with E-state index in [-0.39, 0.29) is 0 Å². The molecular weight excluding hydrogens is 433 g/mol. The van der Waals surface area contributed by atoms with E-state index in [1.54, 1.807) is 0 Å². The topological polar surface area (TPSA) is 95.5 Å². The molecule has 86 valence electrons. The maximum atomic E-state index is 11.1. The molecule has 14 heavy (non-hydrogen) atoms. The van der Waals surface area contributed by atoms with Gasteiger partial charge in [0.15, 0.2) is 0 Å². The molecule has 0 aromatic heterocycles. The van der Waals surface area contributed by atoms with Crippen LogP contribution in [0.25, 0.3) is 0 Å². The third kappa shape index (κ3) is 4.32. The van der Waals surface area contributed by atoms with E-state index in [1.807, 2.05) is 0 Å². The molecule has 0 saturated heterocycles. The Morgan fingerprint density at radius 3 is 2.29 bits per heavy atom. The van der Waals surface area contributed by atoms with Crippen LogP contribution in [-0.2, 0) is 14.4 Å². The van der Waals surface area contributed by atoms with Crippen LogP contribution in [0.5, 0.6) is 0 Å². The number of hydrogen-bond acceptors (Lipinski definition) is 3. The first-order chi connectivity index (χ1) is 5.90. The Kier molecular flexibility index (Phi) is 5.11. The first-order valence-electron chi connectivity index (χ1n) is 3.54. The Balaban J connectivity index is 0. The van der Waals surface area contributed by atoms with E-state index < -0.39 is 24.0 Å². The van der Waals surface area contributed by atoms with E-state index >= 15 is 0 Å². The number of carboxylic acids is 1. The summed E-state index contributed by atoms with van der Waals surface area (Å²) in [4.78, 5) is 31.2. The van der Waals surface area contributed by atoms with Crippen molar-refractivity contribution in [3.63, 3.8) is 0 Å². The van der Waals surface area contributed by atoms with E-state index in [9.17, 15) is 14.4 Å². The number of amides is 2. The van der Waals surface area contributed by atoms with Gasteiger partial charge in [-0.3, -0.25) is 9.59 Å². The molecule has 7 heteroatoms. The van der Waals surface area contributed by atoms with Gasteiger partial charge in [-0.2, -0.15) is 6.41 Å². The van der Waals surface area contributed by atoms with Crippen LogP contribution >= 0.6 is 0 Å². The fourth-order valence-corrected chi connectivity index (χ4v) is 0.561. The second kappa shape index (κ2) is 5.13. The molecule has 0 unspecified atom stereocenters. The Morgan fingerprint density at radius 2 is 1.93 bits per heavy atom. The van der Waals surface area contributed by atoms with Crippen molar-refractivity contribution in [1.29, 1.82) is 0 Å². The van der Waals surface area contributed by atoms with Gasteiger partial charge in [-0.25, -0.2) is 0 Å². The molecule has 2 amide bonds. The first kappa shape index (κ1) is 14.0. The van der Waals surface area contributed by atoms with Crippen molar-refractivity contribution >= 4 is 18.3 Å². The molecule has 0 atom stereocenters. The summed E-state index contributed by atoms with van der Waals surface area (Å²) in [5.74, 6) is -1.71. The van der Waals surface area contributed by atoms with Crippen molar-refractivity contribution in [3.05, 3.63) is 0 Å². The van der Waals surface area contributed by atoms with Crippen LogP contribution in [0, 0.1) is 0 Å². The standard InChI is InChI=1S/C7H11N2O4.Fm/c1-7(2,9-4-10)6(13)8-3-5(11)12;/h3H2,1-2H3,(H,8,13)(H,9,10)(H,11,12);/q-1;. The summed E-state index contributed by atoms with van der Waals surface area (Å²) in [5.41, 5.74) is -1.14. The van der Waals surface area contributed by atoms with Gasteiger partial charge >= 0.3 is 5.97 Å². The molecule has 0 fully saturated rings. The summed E-state index contributed by atoms with van der Waals surface area (Å²) in [6.45, 7) is 2.41. The molecule has 0 radical (unpaired) electrons. The average molecular weight is 444 g/mol. The van der Waals surface area contributed by atoms with Crippen LogP contribution < -0.4 is 10.6 Å². The van der Waals surface area contributed by atoms with E-state index in [2.05, 4.69) is 10.6 Å². The minimum Gasteiger partial charge on any atom is -0.520 e. The normalized spacial score (nSPS) is 9.57. The van der Waals surface area contributed by atoms with Crippen molar-refractivity contribution in [2.45, 2.75) is 19.4 Å². The van der Waals surface area contributed by atoms with E-state index in [0.717, 1.165) is 0 Å². The number of rotatable bonds is 5. The maximum Gasteiger partial charge on any atom is 0.322 e. The van der Waals surface area contributed by atoms with Crippen LogP contribution in [-0.4, -0.2) is 35.5 Å². The molecule has 0 saturated carbocycles. The molecule has 6 nitrogen and oxygen atoms in total. The Morgan fingerprint density at radius 1 is 1.43 bits per heavy atom. The zero-order valence-electron chi connectivity index (χ0n) is 7.67. The Labute approximate surface area is 75.3 Å². The van der Waals surface area contributed by atoms with Crippen molar-refractivity contribution in [3.8, 4) is 0 Å². The third-order valence-electron chi connectivity index (χ3n) is 1.33. The van der Waals surface area contributed by atoms with Crippen LogP contribution in [0.3, 0.4) is 0 Å². The number of carbonyl (C=O) groups is 2. The summed E-state index contributed by atoms with van der Waals surface area (Å²) < 4.78 is 0. The van der Waals surface area contributed by atoms with Gasteiger partial charge in [-0.1, -0.05) is 0 Å². The number of nitrogens with one attached hydrogen (secondary N) is 2. The number of carbonyl (C=O) groups excluding carboxylic acids is 2. The second-order valence-corrected chi connectivity index (χ2v) is 2.93. The molecule has 0 heterocycles. The maximum absolute atomic E-state index is 11.1. The predicted octanol–water partition coefficient (Wildman–Crippen LogP) is -1.38. The first-order valence-corrected chi connectivity index (χ1v) is 3.54. The quantitative estimate of drug-likeness (QED) is 0.360. The van der Waals surface area contributed by atoms with Crippen molar-refractivity contribution in [2.24, 2.45) is 0 Å². The van der Waals surface area contributed by atoms with Crippen molar-refractivity contribution < 1.29 is 19.5 Å². The molecule has 0 rings (SSSR count). The summed E-state index contributed by atoms with van der Waals surface area (Å²) in [6, 6.07) is 0. The van der Waals surface area contributed by atoms with E-state index in [4.69, 9.17) is 5.11 Å². The van der Waals surface area contributed by atoms with E-state index in [0.29, 0.717) is 0 Å². The fraction of sp³-hybridized carbons (Fsp3) is 0.571. The number of carboxylic acid groups (broad SMARTS) is 1. The summed E-state index contributed by atoms with van der Waals surface area (Å²) in [6.07, 6.45) is 1.37. The summed E-state index contributed by atoms with van der Waals surface area (Å²) >= 11 is 0. The summed E-state index contributed by atoms with van der Waals surface area (Å²) in [5, 5.41) is 12.5. The van der Waals surface area contributed by atoms with Gasteiger partial charge in [0.1, 0.15) is 6.54 Å². The molecule has 3 N–H and O–H groups in total. The molecule has 0 aliphatic rings.